The molecule has 1 saturated carbocycles. The van der Waals surface area contributed by atoms with E-state index < -0.39 is 0 Å². The van der Waals surface area contributed by atoms with Crippen LogP contribution in [0, 0.1) is 5.92 Å². The SMILES string of the molecule is NC(=S)CCCNC(=O)C1CCCC1. The molecule has 3 nitrogen and oxygen atoms in total. The van der Waals surface area contributed by atoms with Crippen LogP contribution in [0.3, 0.4) is 0 Å². The average Bonchev–Trinajstić information content (AvgIpc) is 2.64. The van der Waals surface area contributed by atoms with Crippen molar-refractivity contribution < 1.29 is 4.79 Å². The van der Waals surface area contributed by atoms with Gasteiger partial charge in [-0.25, -0.2) is 0 Å². The fourth-order valence-corrected chi connectivity index (χ4v) is 1.95. The minimum Gasteiger partial charge on any atom is -0.393 e. The van der Waals surface area contributed by atoms with Crippen molar-refractivity contribution in [2.75, 3.05) is 6.54 Å². The maximum Gasteiger partial charge on any atom is 0.223 e. The first-order valence-corrected chi connectivity index (χ1v) is 5.67. The smallest absolute Gasteiger partial charge is 0.223 e. The zero-order valence-corrected chi connectivity index (χ0v) is 9.24. The molecule has 1 fully saturated rings. The molecule has 0 unspecified atom stereocenters. The van der Waals surface area contributed by atoms with Crippen molar-refractivity contribution in [3.05, 3.63) is 0 Å². The summed E-state index contributed by atoms with van der Waals surface area (Å²) in [5, 5.41) is 2.93. The van der Waals surface area contributed by atoms with E-state index >= 15 is 0 Å². The molecule has 4 heteroatoms. The van der Waals surface area contributed by atoms with Gasteiger partial charge in [0.25, 0.3) is 0 Å². The van der Waals surface area contributed by atoms with Gasteiger partial charge in [-0.15, -0.1) is 0 Å². The summed E-state index contributed by atoms with van der Waals surface area (Å²) in [5.74, 6) is 0.477. The van der Waals surface area contributed by atoms with Gasteiger partial charge in [-0.1, -0.05) is 25.1 Å². The molecule has 0 radical (unpaired) electrons. The Labute approximate surface area is 90.4 Å². The highest BCUT2D eigenvalue weighted by Gasteiger charge is 2.21. The zero-order chi connectivity index (χ0) is 10.4. The van der Waals surface area contributed by atoms with Gasteiger partial charge in [-0.2, -0.15) is 0 Å². The Balaban J connectivity index is 2.05. The molecule has 0 saturated heterocycles. The van der Waals surface area contributed by atoms with Crippen LogP contribution in [0.15, 0.2) is 0 Å². The molecule has 0 spiro atoms. The van der Waals surface area contributed by atoms with Crippen LogP contribution >= 0.6 is 12.2 Å². The summed E-state index contributed by atoms with van der Waals surface area (Å²) in [6, 6.07) is 0. The third kappa shape index (κ3) is 4.05. The highest BCUT2D eigenvalue weighted by molar-refractivity contribution is 7.80. The standard InChI is InChI=1S/C10H18N2OS/c11-9(14)6-3-7-12-10(13)8-4-1-2-5-8/h8H,1-7H2,(H2,11,14)(H,12,13). The topological polar surface area (TPSA) is 55.1 Å². The molecule has 0 aromatic rings. The van der Waals surface area contributed by atoms with E-state index in [1.807, 2.05) is 0 Å². The summed E-state index contributed by atoms with van der Waals surface area (Å²) in [6.45, 7) is 0.701. The zero-order valence-electron chi connectivity index (χ0n) is 8.42. The van der Waals surface area contributed by atoms with Crippen molar-refractivity contribution in [1.29, 1.82) is 0 Å². The number of hydrogen-bond acceptors (Lipinski definition) is 2. The maximum absolute atomic E-state index is 11.5. The first-order valence-electron chi connectivity index (χ1n) is 5.26. The first kappa shape index (κ1) is 11.4. The maximum atomic E-state index is 11.5. The molecule has 14 heavy (non-hydrogen) atoms. The van der Waals surface area contributed by atoms with Crippen molar-refractivity contribution in [2.45, 2.75) is 38.5 Å². The number of carbonyl (C=O) groups is 1. The molecule has 80 valence electrons. The lowest BCUT2D eigenvalue weighted by Crippen LogP contribution is -2.30. The highest BCUT2D eigenvalue weighted by Crippen LogP contribution is 2.24. The number of thiocarbonyl (C=S) groups is 1. The number of nitrogens with one attached hydrogen (secondary N) is 1. The number of hydrogen-bond donors (Lipinski definition) is 2. The fraction of sp³-hybridized carbons (Fsp3) is 0.800. The monoisotopic (exact) mass is 214 g/mol. The minimum absolute atomic E-state index is 0.213. The number of rotatable bonds is 5. The van der Waals surface area contributed by atoms with Gasteiger partial charge in [-0.3, -0.25) is 4.79 Å². The van der Waals surface area contributed by atoms with E-state index in [4.69, 9.17) is 18.0 Å². The predicted molar refractivity (Wildman–Crippen MR) is 61.0 cm³/mol. The lowest BCUT2D eigenvalue weighted by Gasteiger charge is -2.09. The van der Waals surface area contributed by atoms with Crippen molar-refractivity contribution in [2.24, 2.45) is 11.7 Å². The molecule has 0 atom stereocenters. The van der Waals surface area contributed by atoms with Gasteiger partial charge in [0.05, 0.1) is 4.99 Å². The fourth-order valence-electron chi connectivity index (χ4n) is 1.81. The molecular formula is C10H18N2OS. The number of nitrogens with two attached hydrogens (primary N) is 1. The molecule has 0 bridgehead atoms. The van der Waals surface area contributed by atoms with E-state index in [2.05, 4.69) is 5.32 Å². The summed E-state index contributed by atoms with van der Waals surface area (Å²) in [5.41, 5.74) is 5.35. The van der Waals surface area contributed by atoms with E-state index in [0.717, 1.165) is 25.7 Å². The van der Waals surface area contributed by atoms with Gasteiger partial charge >= 0.3 is 0 Å². The van der Waals surface area contributed by atoms with Crippen molar-refractivity contribution >= 4 is 23.1 Å². The average molecular weight is 214 g/mol. The van der Waals surface area contributed by atoms with E-state index in [-0.39, 0.29) is 11.8 Å². The van der Waals surface area contributed by atoms with Crippen molar-refractivity contribution in [1.82, 2.24) is 5.32 Å². The molecular weight excluding hydrogens is 196 g/mol. The first-order chi connectivity index (χ1) is 6.70. The van der Waals surface area contributed by atoms with E-state index in [1.165, 1.54) is 12.8 Å². The third-order valence-corrected chi connectivity index (χ3v) is 2.83. The van der Waals surface area contributed by atoms with E-state index in [0.29, 0.717) is 11.5 Å². The Morgan fingerprint density at radius 3 is 2.64 bits per heavy atom. The van der Waals surface area contributed by atoms with Gasteiger partial charge in [0.2, 0.25) is 5.91 Å². The van der Waals surface area contributed by atoms with E-state index in [1.54, 1.807) is 0 Å². The van der Waals surface area contributed by atoms with Crippen LogP contribution < -0.4 is 11.1 Å². The molecule has 3 N–H and O–H groups in total. The summed E-state index contributed by atoms with van der Waals surface area (Å²) < 4.78 is 0. The molecule has 1 rings (SSSR count). The quantitative estimate of drug-likeness (QED) is 0.536. The summed E-state index contributed by atoms with van der Waals surface area (Å²) >= 11 is 4.75. The Morgan fingerprint density at radius 1 is 1.43 bits per heavy atom. The molecule has 0 aliphatic heterocycles. The van der Waals surface area contributed by atoms with Gasteiger partial charge < -0.3 is 11.1 Å². The largest absolute Gasteiger partial charge is 0.393 e. The van der Waals surface area contributed by atoms with Gasteiger partial charge in [0.1, 0.15) is 0 Å². The number of amides is 1. The highest BCUT2D eigenvalue weighted by atomic mass is 32.1. The molecule has 1 aliphatic carbocycles. The Hall–Kier alpha value is -0.640. The summed E-state index contributed by atoms with van der Waals surface area (Å²) in [6.07, 6.45) is 6.09. The second-order valence-corrected chi connectivity index (χ2v) is 4.37. The molecule has 1 amide bonds. The van der Waals surface area contributed by atoms with Crippen LogP contribution in [-0.4, -0.2) is 17.4 Å². The third-order valence-electron chi connectivity index (χ3n) is 2.63. The van der Waals surface area contributed by atoms with Crippen LogP contribution in [-0.2, 0) is 4.79 Å². The molecule has 1 aliphatic rings. The Morgan fingerprint density at radius 2 is 2.07 bits per heavy atom. The Bertz CT molecular complexity index is 212. The molecule has 0 aromatic heterocycles. The van der Waals surface area contributed by atoms with Gasteiger partial charge in [0, 0.05) is 12.5 Å². The van der Waals surface area contributed by atoms with Crippen LogP contribution in [0.4, 0.5) is 0 Å². The molecule has 0 heterocycles. The Kier molecular flexibility index (Phi) is 4.87. The minimum atomic E-state index is 0.213. The second kappa shape index (κ2) is 5.96. The van der Waals surface area contributed by atoms with Crippen molar-refractivity contribution in [3.8, 4) is 0 Å². The van der Waals surface area contributed by atoms with Crippen LogP contribution in [0.25, 0.3) is 0 Å². The van der Waals surface area contributed by atoms with Crippen LogP contribution in [0.2, 0.25) is 0 Å². The lowest BCUT2D eigenvalue weighted by atomic mass is 10.1. The number of carbonyl (C=O) groups excluding carboxylic acids is 1. The normalized spacial score (nSPS) is 16.9. The lowest BCUT2D eigenvalue weighted by molar-refractivity contribution is -0.124. The molecule has 0 aromatic carbocycles. The van der Waals surface area contributed by atoms with Crippen molar-refractivity contribution in [3.63, 3.8) is 0 Å². The van der Waals surface area contributed by atoms with E-state index in [9.17, 15) is 4.79 Å². The predicted octanol–water partition coefficient (Wildman–Crippen LogP) is 1.36. The summed E-state index contributed by atoms with van der Waals surface area (Å²) in [4.78, 5) is 12.0. The van der Waals surface area contributed by atoms with Gasteiger partial charge in [0.15, 0.2) is 0 Å². The second-order valence-electron chi connectivity index (χ2n) is 3.84. The van der Waals surface area contributed by atoms with Gasteiger partial charge in [-0.05, 0) is 25.7 Å². The van der Waals surface area contributed by atoms with Crippen LogP contribution in [0.5, 0.6) is 0 Å². The van der Waals surface area contributed by atoms with Crippen LogP contribution in [0.1, 0.15) is 38.5 Å². The summed E-state index contributed by atoms with van der Waals surface area (Å²) in [7, 11) is 0.